The fourth-order valence-corrected chi connectivity index (χ4v) is 3.82. The molecule has 1 aliphatic rings. The summed E-state index contributed by atoms with van der Waals surface area (Å²) >= 11 is 1.39. The highest BCUT2D eigenvalue weighted by molar-refractivity contribution is 7.99. The molecule has 28 heavy (non-hydrogen) atoms. The van der Waals surface area contributed by atoms with Gasteiger partial charge in [-0.1, -0.05) is 18.7 Å². The van der Waals surface area contributed by atoms with Crippen molar-refractivity contribution in [3.63, 3.8) is 0 Å². The lowest BCUT2D eigenvalue weighted by Gasteiger charge is -2.18. The van der Waals surface area contributed by atoms with Gasteiger partial charge in [-0.05, 0) is 36.8 Å². The minimum atomic E-state index is 0.0125. The number of hydrogen-bond donors (Lipinski definition) is 0. The summed E-state index contributed by atoms with van der Waals surface area (Å²) in [5.41, 5.74) is 1.56. The van der Waals surface area contributed by atoms with Crippen molar-refractivity contribution in [2.45, 2.75) is 25.0 Å². The van der Waals surface area contributed by atoms with E-state index in [-0.39, 0.29) is 11.5 Å². The molecule has 1 aromatic carbocycles. The van der Waals surface area contributed by atoms with Gasteiger partial charge in [-0.25, -0.2) is 0 Å². The van der Waals surface area contributed by atoms with Gasteiger partial charge in [0.2, 0.25) is 0 Å². The number of nitrogens with zero attached hydrogens (tertiary/aromatic N) is 4. The molecular weight excluding hydrogens is 376 g/mol. The molecule has 1 aliphatic heterocycles. The smallest absolute Gasteiger partial charge is 0.191 e. The largest absolute Gasteiger partial charge is 0.486 e. The predicted octanol–water partition coefficient (Wildman–Crippen LogP) is 3.50. The Kier molecular flexibility index (Phi) is 5.57. The number of pyridine rings is 1. The maximum absolute atomic E-state index is 12.7. The number of carbonyl (C=O) groups excluding carboxylic acids is 1. The van der Waals surface area contributed by atoms with Crippen LogP contribution in [0.25, 0.3) is 11.4 Å². The van der Waals surface area contributed by atoms with E-state index >= 15 is 0 Å². The van der Waals surface area contributed by atoms with Gasteiger partial charge in [0, 0.05) is 30.1 Å². The Morgan fingerprint density at radius 3 is 2.68 bits per heavy atom. The molecule has 3 aromatic rings. The van der Waals surface area contributed by atoms with Crippen LogP contribution in [0.1, 0.15) is 23.7 Å². The van der Waals surface area contributed by atoms with E-state index in [1.54, 1.807) is 30.6 Å². The van der Waals surface area contributed by atoms with E-state index < -0.39 is 0 Å². The third kappa shape index (κ3) is 3.87. The highest BCUT2D eigenvalue weighted by Crippen LogP contribution is 2.31. The summed E-state index contributed by atoms with van der Waals surface area (Å²) in [5.74, 6) is 2.38. The number of Topliss-reactive ketones (excluding diaryl/α,β-unsaturated/α-hetero) is 1. The molecule has 3 heterocycles. The predicted molar refractivity (Wildman–Crippen MR) is 106 cm³/mol. The monoisotopic (exact) mass is 396 g/mol. The van der Waals surface area contributed by atoms with Gasteiger partial charge in [-0.15, -0.1) is 10.2 Å². The zero-order valence-electron chi connectivity index (χ0n) is 15.5. The third-order valence-electron chi connectivity index (χ3n) is 4.30. The molecule has 0 fully saturated rings. The van der Waals surface area contributed by atoms with Crippen LogP contribution in [-0.2, 0) is 6.54 Å². The lowest BCUT2D eigenvalue weighted by Crippen LogP contribution is -2.16. The quantitative estimate of drug-likeness (QED) is 0.447. The minimum Gasteiger partial charge on any atom is -0.486 e. The molecule has 0 saturated carbocycles. The fourth-order valence-electron chi connectivity index (χ4n) is 2.97. The van der Waals surface area contributed by atoms with Gasteiger partial charge in [0.25, 0.3) is 0 Å². The molecule has 8 heteroatoms. The maximum Gasteiger partial charge on any atom is 0.191 e. The minimum absolute atomic E-state index is 0.0125. The Morgan fingerprint density at radius 1 is 1.11 bits per heavy atom. The van der Waals surface area contributed by atoms with Gasteiger partial charge in [0.15, 0.2) is 28.3 Å². The number of fused-ring (bicyclic) bond motifs is 1. The lowest BCUT2D eigenvalue weighted by molar-refractivity contribution is 0.102. The van der Waals surface area contributed by atoms with Crippen LogP contribution >= 0.6 is 11.8 Å². The van der Waals surface area contributed by atoms with Crippen LogP contribution in [0.2, 0.25) is 0 Å². The molecule has 0 atom stereocenters. The van der Waals surface area contributed by atoms with Crippen LogP contribution in [0, 0.1) is 0 Å². The first-order chi connectivity index (χ1) is 13.8. The van der Waals surface area contributed by atoms with Gasteiger partial charge < -0.3 is 14.0 Å². The van der Waals surface area contributed by atoms with Gasteiger partial charge in [-0.2, -0.15) is 0 Å². The highest BCUT2D eigenvalue weighted by atomic mass is 32.2. The van der Waals surface area contributed by atoms with E-state index in [9.17, 15) is 4.79 Å². The SMILES string of the molecule is CCCn1c(SCC(=O)c2ccc3c(c2)OCCO3)nnc1-c1ccncc1. The molecule has 0 unspecified atom stereocenters. The molecule has 7 nitrogen and oxygen atoms in total. The number of hydrogen-bond acceptors (Lipinski definition) is 7. The van der Waals surface area contributed by atoms with Crippen molar-refractivity contribution in [1.82, 2.24) is 19.7 Å². The molecule has 2 aromatic heterocycles. The summed E-state index contributed by atoms with van der Waals surface area (Å²) in [6.45, 7) is 3.91. The number of ether oxygens (including phenoxy) is 2. The molecule has 0 radical (unpaired) electrons. The van der Waals surface area contributed by atoms with Crippen LogP contribution in [0.3, 0.4) is 0 Å². The second-order valence-electron chi connectivity index (χ2n) is 6.26. The zero-order valence-corrected chi connectivity index (χ0v) is 16.3. The highest BCUT2D eigenvalue weighted by Gasteiger charge is 2.18. The van der Waals surface area contributed by atoms with E-state index in [0.29, 0.717) is 30.3 Å². The van der Waals surface area contributed by atoms with Crippen molar-refractivity contribution in [3.8, 4) is 22.9 Å². The number of thioether (sulfide) groups is 1. The van der Waals surface area contributed by atoms with Crippen LogP contribution in [0.15, 0.2) is 47.9 Å². The van der Waals surface area contributed by atoms with Gasteiger partial charge >= 0.3 is 0 Å². The second-order valence-corrected chi connectivity index (χ2v) is 7.21. The second kappa shape index (κ2) is 8.43. The van der Waals surface area contributed by atoms with Crippen LogP contribution in [0.4, 0.5) is 0 Å². The van der Waals surface area contributed by atoms with Crippen LogP contribution in [0.5, 0.6) is 11.5 Å². The van der Waals surface area contributed by atoms with E-state index in [1.165, 1.54) is 11.8 Å². The maximum atomic E-state index is 12.7. The van der Waals surface area contributed by atoms with Crippen molar-refractivity contribution >= 4 is 17.5 Å². The van der Waals surface area contributed by atoms with Gasteiger partial charge in [0.05, 0.1) is 5.75 Å². The van der Waals surface area contributed by atoms with Crippen molar-refractivity contribution in [1.29, 1.82) is 0 Å². The zero-order chi connectivity index (χ0) is 19.3. The van der Waals surface area contributed by atoms with Crippen molar-refractivity contribution < 1.29 is 14.3 Å². The fraction of sp³-hybridized carbons (Fsp3) is 0.300. The lowest BCUT2D eigenvalue weighted by atomic mass is 10.1. The number of aromatic nitrogens is 4. The molecule has 4 rings (SSSR count). The summed E-state index contributed by atoms with van der Waals surface area (Å²) in [7, 11) is 0. The molecule has 0 amide bonds. The van der Waals surface area contributed by atoms with Crippen LogP contribution in [-0.4, -0.2) is 44.5 Å². The molecule has 0 saturated heterocycles. The topological polar surface area (TPSA) is 79.1 Å². The summed E-state index contributed by atoms with van der Waals surface area (Å²) in [6, 6.07) is 9.12. The Morgan fingerprint density at radius 2 is 1.89 bits per heavy atom. The molecule has 0 N–H and O–H groups in total. The normalized spacial score (nSPS) is 12.8. The Labute approximate surface area is 167 Å². The number of benzene rings is 1. The third-order valence-corrected chi connectivity index (χ3v) is 5.27. The Bertz CT molecular complexity index is 975. The summed E-state index contributed by atoms with van der Waals surface area (Å²) in [4.78, 5) is 16.7. The summed E-state index contributed by atoms with van der Waals surface area (Å²) < 4.78 is 13.1. The average molecular weight is 396 g/mol. The van der Waals surface area contributed by atoms with E-state index in [4.69, 9.17) is 9.47 Å². The molecule has 0 spiro atoms. The summed E-state index contributed by atoms with van der Waals surface area (Å²) in [6.07, 6.45) is 4.41. The first-order valence-corrected chi connectivity index (χ1v) is 10.1. The molecule has 0 aliphatic carbocycles. The van der Waals surface area contributed by atoms with Gasteiger partial charge in [-0.3, -0.25) is 9.78 Å². The first-order valence-electron chi connectivity index (χ1n) is 9.15. The van der Waals surface area contributed by atoms with E-state index in [1.807, 2.05) is 12.1 Å². The van der Waals surface area contributed by atoms with Crippen molar-refractivity contribution in [2.24, 2.45) is 0 Å². The average Bonchev–Trinajstić information content (AvgIpc) is 3.15. The van der Waals surface area contributed by atoms with Gasteiger partial charge in [0.1, 0.15) is 13.2 Å². The number of rotatable bonds is 7. The van der Waals surface area contributed by atoms with E-state index in [0.717, 1.165) is 29.5 Å². The molecular formula is C20H20N4O3S. The number of ketones is 1. The molecule has 144 valence electrons. The first kappa shape index (κ1) is 18.5. The van der Waals surface area contributed by atoms with Crippen molar-refractivity contribution in [3.05, 3.63) is 48.3 Å². The van der Waals surface area contributed by atoms with Crippen molar-refractivity contribution in [2.75, 3.05) is 19.0 Å². The van der Waals surface area contributed by atoms with Crippen LogP contribution < -0.4 is 9.47 Å². The Balaban J connectivity index is 1.50. The standard InChI is InChI=1S/C20H20N4O3S/c1-2-9-24-19(14-5-7-21-8-6-14)22-23-20(24)28-13-16(25)15-3-4-17-18(12-15)27-11-10-26-17/h3-8,12H,2,9-11,13H2,1H3. The number of carbonyl (C=O) groups is 1. The Hall–Kier alpha value is -2.87. The summed E-state index contributed by atoms with van der Waals surface area (Å²) in [5, 5.41) is 9.37. The molecule has 0 bridgehead atoms. The van der Waals surface area contributed by atoms with E-state index in [2.05, 4.69) is 26.7 Å².